The second-order valence-electron chi connectivity index (χ2n) is 7.81. The van der Waals surface area contributed by atoms with Gasteiger partial charge in [-0.25, -0.2) is 13.8 Å². The van der Waals surface area contributed by atoms with Crippen molar-refractivity contribution >= 4 is 45.9 Å². The molecule has 0 fully saturated rings. The van der Waals surface area contributed by atoms with Crippen molar-refractivity contribution in [1.82, 2.24) is 9.55 Å². The van der Waals surface area contributed by atoms with Gasteiger partial charge >= 0.3 is 0 Å². The van der Waals surface area contributed by atoms with Crippen LogP contribution in [0.15, 0.2) is 64.5 Å². The molecule has 0 aliphatic carbocycles. The molecule has 1 atom stereocenters. The lowest BCUT2D eigenvalue weighted by Crippen LogP contribution is -2.27. The molecule has 34 heavy (non-hydrogen) atoms. The number of thioether (sulfide) groups is 1. The summed E-state index contributed by atoms with van der Waals surface area (Å²) in [6, 6.07) is 13.2. The van der Waals surface area contributed by atoms with Crippen molar-refractivity contribution in [3.8, 4) is 5.69 Å². The van der Waals surface area contributed by atoms with Gasteiger partial charge in [-0.05, 0) is 62.2 Å². The molecular formula is C25H20ClF2N3O2S. The lowest BCUT2D eigenvalue weighted by atomic mass is 10.1. The van der Waals surface area contributed by atoms with Crippen molar-refractivity contribution in [2.45, 2.75) is 31.2 Å². The summed E-state index contributed by atoms with van der Waals surface area (Å²) in [4.78, 5) is 30.9. The standard InChI is InChI=1S/C25H20ClF2N3O2S/c1-13-5-4-6-14(2)22(13)30-23(32)15(3)34-25-29-20-9-7-16(26)11-18(20)24(33)31(25)21-10-8-17(27)12-19(21)28/h4-12,15H,1-3H3,(H,30,32). The van der Waals surface area contributed by atoms with Crippen LogP contribution in [0.5, 0.6) is 0 Å². The Morgan fingerprint density at radius 1 is 1.09 bits per heavy atom. The van der Waals surface area contributed by atoms with E-state index in [9.17, 15) is 18.4 Å². The molecule has 1 unspecified atom stereocenters. The summed E-state index contributed by atoms with van der Waals surface area (Å²) < 4.78 is 29.3. The number of aromatic nitrogens is 2. The highest BCUT2D eigenvalue weighted by molar-refractivity contribution is 8.00. The number of halogens is 3. The molecule has 0 saturated heterocycles. The van der Waals surface area contributed by atoms with E-state index in [1.807, 2.05) is 32.0 Å². The van der Waals surface area contributed by atoms with Crippen LogP contribution in [0.2, 0.25) is 5.02 Å². The minimum absolute atomic E-state index is 0.0921. The Kier molecular flexibility index (Phi) is 6.72. The maximum atomic E-state index is 14.7. The smallest absolute Gasteiger partial charge is 0.266 e. The van der Waals surface area contributed by atoms with E-state index in [0.29, 0.717) is 22.3 Å². The molecule has 174 valence electrons. The van der Waals surface area contributed by atoms with Crippen molar-refractivity contribution in [2.75, 3.05) is 5.32 Å². The minimum atomic E-state index is -0.931. The summed E-state index contributed by atoms with van der Waals surface area (Å²) in [7, 11) is 0. The number of nitrogens with zero attached hydrogens (tertiary/aromatic N) is 2. The molecule has 0 radical (unpaired) electrons. The van der Waals surface area contributed by atoms with Crippen LogP contribution >= 0.6 is 23.4 Å². The summed E-state index contributed by atoms with van der Waals surface area (Å²) in [6.07, 6.45) is 0. The lowest BCUT2D eigenvalue weighted by Gasteiger charge is -2.18. The van der Waals surface area contributed by atoms with E-state index in [4.69, 9.17) is 11.6 Å². The van der Waals surface area contributed by atoms with E-state index < -0.39 is 22.4 Å². The second-order valence-corrected chi connectivity index (χ2v) is 9.55. The van der Waals surface area contributed by atoms with Crippen molar-refractivity contribution in [3.63, 3.8) is 0 Å². The van der Waals surface area contributed by atoms with Gasteiger partial charge in [0.25, 0.3) is 5.56 Å². The maximum absolute atomic E-state index is 14.7. The molecule has 1 aromatic heterocycles. The van der Waals surface area contributed by atoms with Crippen LogP contribution in [0.3, 0.4) is 0 Å². The Hall–Kier alpha value is -3.23. The molecular weight excluding hydrogens is 480 g/mol. The Morgan fingerprint density at radius 2 is 1.79 bits per heavy atom. The molecule has 1 amide bonds. The summed E-state index contributed by atoms with van der Waals surface area (Å²) in [5.74, 6) is -2.01. The van der Waals surface area contributed by atoms with E-state index in [1.165, 1.54) is 6.07 Å². The maximum Gasteiger partial charge on any atom is 0.266 e. The van der Waals surface area contributed by atoms with E-state index in [-0.39, 0.29) is 22.1 Å². The van der Waals surface area contributed by atoms with Crippen molar-refractivity contribution in [2.24, 2.45) is 0 Å². The molecule has 5 nitrogen and oxygen atoms in total. The monoisotopic (exact) mass is 499 g/mol. The number of anilines is 1. The number of aryl methyl sites for hydroxylation is 2. The Bertz CT molecular complexity index is 1470. The minimum Gasteiger partial charge on any atom is -0.325 e. The molecule has 1 heterocycles. The Labute approximate surface area is 203 Å². The highest BCUT2D eigenvalue weighted by atomic mass is 35.5. The van der Waals surface area contributed by atoms with Crippen LogP contribution in [-0.2, 0) is 4.79 Å². The molecule has 0 spiro atoms. The van der Waals surface area contributed by atoms with Gasteiger partial charge in [-0.2, -0.15) is 0 Å². The highest BCUT2D eigenvalue weighted by Crippen LogP contribution is 2.28. The van der Waals surface area contributed by atoms with Crippen molar-refractivity contribution in [1.29, 1.82) is 0 Å². The average molecular weight is 500 g/mol. The fourth-order valence-electron chi connectivity index (χ4n) is 3.54. The summed E-state index contributed by atoms with van der Waals surface area (Å²) >= 11 is 7.05. The average Bonchev–Trinajstić information content (AvgIpc) is 2.78. The number of para-hydroxylation sites is 1. The van der Waals surface area contributed by atoms with Gasteiger partial charge in [-0.3, -0.25) is 14.2 Å². The van der Waals surface area contributed by atoms with Crippen LogP contribution in [0, 0.1) is 25.5 Å². The zero-order chi connectivity index (χ0) is 24.6. The number of amides is 1. The lowest BCUT2D eigenvalue weighted by molar-refractivity contribution is -0.115. The van der Waals surface area contributed by atoms with E-state index in [0.717, 1.165) is 39.6 Å². The number of hydrogen-bond donors (Lipinski definition) is 1. The van der Waals surface area contributed by atoms with Gasteiger partial charge in [-0.15, -0.1) is 0 Å². The first kappa shape index (κ1) is 23.9. The first-order valence-electron chi connectivity index (χ1n) is 10.4. The van der Waals surface area contributed by atoms with Crippen molar-refractivity contribution < 1.29 is 13.6 Å². The van der Waals surface area contributed by atoms with Crippen molar-refractivity contribution in [3.05, 3.63) is 92.7 Å². The molecule has 3 aromatic carbocycles. The molecule has 0 aliphatic rings. The first-order chi connectivity index (χ1) is 16.2. The number of hydrogen-bond acceptors (Lipinski definition) is 4. The van der Waals surface area contributed by atoms with Gasteiger partial charge in [0.1, 0.15) is 11.6 Å². The largest absolute Gasteiger partial charge is 0.325 e. The Morgan fingerprint density at radius 3 is 2.47 bits per heavy atom. The van der Waals surface area contributed by atoms with Gasteiger partial charge in [0.15, 0.2) is 5.16 Å². The Balaban J connectivity index is 1.79. The van der Waals surface area contributed by atoms with E-state index >= 15 is 0 Å². The van der Waals surface area contributed by atoms with Gasteiger partial charge < -0.3 is 5.32 Å². The topological polar surface area (TPSA) is 64.0 Å². The highest BCUT2D eigenvalue weighted by Gasteiger charge is 2.23. The molecule has 9 heteroatoms. The van der Waals surface area contributed by atoms with E-state index in [1.54, 1.807) is 19.1 Å². The summed E-state index contributed by atoms with van der Waals surface area (Å²) in [5.41, 5.74) is 2.13. The third-order valence-electron chi connectivity index (χ3n) is 5.33. The molecule has 1 N–H and O–H groups in total. The van der Waals surface area contributed by atoms with Gasteiger partial charge in [0.2, 0.25) is 5.91 Å². The second kappa shape index (κ2) is 9.56. The first-order valence-corrected chi connectivity index (χ1v) is 11.6. The zero-order valence-corrected chi connectivity index (χ0v) is 20.1. The number of carbonyl (C=O) groups excluding carboxylic acids is 1. The third kappa shape index (κ3) is 4.69. The quantitative estimate of drug-likeness (QED) is 0.268. The summed E-state index contributed by atoms with van der Waals surface area (Å²) in [6.45, 7) is 5.45. The van der Waals surface area contributed by atoms with Crippen LogP contribution in [-0.4, -0.2) is 20.7 Å². The van der Waals surface area contributed by atoms with Gasteiger partial charge in [0, 0.05) is 16.8 Å². The predicted octanol–water partition coefficient (Wildman–Crippen LogP) is 6.05. The molecule has 0 saturated carbocycles. The number of fused-ring (bicyclic) bond motifs is 1. The van der Waals surface area contributed by atoms with Crippen LogP contribution in [0.4, 0.5) is 14.5 Å². The predicted molar refractivity (Wildman–Crippen MR) is 132 cm³/mol. The molecule has 4 rings (SSSR count). The molecule has 0 bridgehead atoms. The van der Waals surface area contributed by atoms with Crippen LogP contribution < -0.4 is 10.9 Å². The van der Waals surface area contributed by atoms with Crippen LogP contribution in [0.25, 0.3) is 16.6 Å². The normalized spacial score (nSPS) is 12.1. The number of benzene rings is 3. The fourth-order valence-corrected chi connectivity index (χ4v) is 4.63. The zero-order valence-electron chi connectivity index (χ0n) is 18.5. The van der Waals surface area contributed by atoms with E-state index in [2.05, 4.69) is 10.3 Å². The number of rotatable bonds is 5. The van der Waals surface area contributed by atoms with Gasteiger partial charge in [-0.1, -0.05) is 41.6 Å². The SMILES string of the molecule is Cc1cccc(C)c1NC(=O)C(C)Sc1nc2ccc(Cl)cc2c(=O)n1-c1ccc(F)cc1F. The number of carbonyl (C=O) groups is 1. The number of nitrogens with one attached hydrogen (secondary N) is 1. The molecule has 0 aliphatic heterocycles. The van der Waals surface area contributed by atoms with Crippen LogP contribution in [0.1, 0.15) is 18.1 Å². The van der Waals surface area contributed by atoms with Gasteiger partial charge in [0.05, 0.1) is 21.8 Å². The third-order valence-corrected chi connectivity index (χ3v) is 6.62. The molecule has 4 aromatic rings. The summed E-state index contributed by atoms with van der Waals surface area (Å²) in [5, 5.41) is 2.82. The fraction of sp³-hybridized carbons (Fsp3) is 0.160.